The van der Waals surface area contributed by atoms with Crippen LogP contribution < -0.4 is 15.8 Å². The Morgan fingerprint density at radius 1 is 1.16 bits per heavy atom. The summed E-state index contributed by atoms with van der Waals surface area (Å²) < 4.78 is 20.7. The van der Waals surface area contributed by atoms with E-state index >= 15 is 0 Å². The third-order valence-corrected chi connectivity index (χ3v) is 4.52. The number of carbonyl (C=O) groups is 1. The first-order valence-electron chi connectivity index (χ1n) is 9.23. The average molecular weight is 419 g/mol. The number of nitrogen functional groups attached to an aromatic ring is 1. The van der Waals surface area contributed by atoms with Crippen molar-refractivity contribution in [1.29, 1.82) is 0 Å². The molecule has 1 amide bonds. The van der Waals surface area contributed by atoms with Crippen molar-refractivity contribution < 1.29 is 13.9 Å². The van der Waals surface area contributed by atoms with Gasteiger partial charge in [0, 0.05) is 24.4 Å². The Balaban J connectivity index is 1.81. The quantitative estimate of drug-likeness (QED) is 0.510. The minimum Gasteiger partial charge on any atom is -0.492 e. The summed E-state index contributed by atoms with van der Waals surface area (Å²) in [5.74, 6) is -0.240. The number of nitrogens with zero attached hydrogens (tertiary/aromatic N) is 5. The maximum absolute atomic E-state index is 14.2. The van der Waals surface area contributed by atoms with Crippen LogP contribution in [0.3, 0.4) is 0 Å². The number of carbonyl (C=O) groups excluding carboxylic acids is 1. The Morgan fingerprint density at radius 3 is 2.74 bits per heavy atom. The van der Waals surface area contributed by atoms with Gasteiger partial charge in [-0.3, -0.25) is 4.79 Å². The lowest BCUT2D eigenvalue weighted by Crippen LogP contribution is -2.06. The van der Waals surface area contributed by atoms with Crippen LogP contribution in [0.5, 0.6) is 5.75 Å². The van der Waals surface area contributed by atoms with E-state index in [-0.39, 0.29) is 23.3 Å². The lowest BCUT2D eigenvalue weighted by atomic mass is 10.0. The summed E-state index contributed by atoms with van der Waals surface area (Å²) in [6.07, 6.45) is 1.61. The summed E-state index contributed by atoms with van der Waals surface area (Å²) in [7, 11) is 1.37. The van der Waals surface area contributed by atoms with Gasteiger partial charge in [0.1, 0.15) is 11.5 Å². The fourth-order valence-corrected chi connectivity index (χ4v) is 3.18. The van der Waals surface area contributed by atoms with Crippen LogP contribution >= 0.6 is 0 Å². The predicted molar refractivity (Wildman–Crippen MR) is 113 cm³/mol. The van der Waals surface area contributed by atoms with Crippen molar-refractivity contribution in [3.8, 4) is 34.0 Å². The van der Waals surface area contributed by atoms with Crippen molar-refractivity contribution in [2.24, 2.45) is 0 Å². The highest BCUT2D eigenvalue weighted by Crippen LogP contribution is 2.33. The van der Waals surface area contributed by atoms with E-state index in [4.69, 9.17) is 10.5 Å². The zero-order valence-corrected chi connectivity index (χ0v) is 16.7. The summed E-state index contributed by atoms with van der Waals surface area (Å²) in [4.78, 5) is 15.6. The molecular weight excluding hydrogens is 401 g/mol. The zero-order chi connectivity index (χ0) is 22.0. The number of hydrogen-bond acceptors (Lipinski definition) is 7. The van der Waals surface area contributed by atoms with Gasteiger partial charge in [-0.05, 0) is 46.3 Å². The predicted octanol–water partition coefficient (Wildman–Crippen LogP) is 3.08. The SMILES string of the molecule is COc1c(F)cccc1-n1nnnc1-c1cc(-c2cccc(NC(C)=O)c2)cnc1N. The number of tetrazole rings is 1. The molecule has 3 N–H and O–H groups in total. The Labute approximate surface area is 176 Å². The molecule has 0 saturated carbocycles. The van der Waals surface area contributed by atoms with E-state index in [2.05, 4.69) is 25.8 Å². The normalized spacial score (nSPS) is 10.7. The smallest absolute Gasteiger partial charge is 0.221 e. The molecule has 156 valence electrons. The first-order chi connectivity index (χ1) is 15.0. The average Bonchev–Trinajstić information content (AvgIpc) is 3.23. The summed E-state index contributed by atoms with van der Waals surface area (Å²) in [6.45, 7) is 1.44. The van der Waals surface area contributed by atoms with E-state index in [1.807, 2.05) is 18.2 Å². The number of amides is 1. The van der Waals surface area contributed by atoms with Crippen molar-refractivity contribution in [2.45, 2.75) is 6.92 Å². The topological polar surface area (TPSA) is 121 Å². The highest BCUT2D eigenvalue weighted by molar-refractivity contribution is 5.89. The second kappa shape index (κ2) is 8.19. The molecule has 0 unspecified atom stereocenters. The van der Waals surface area contributed by atoms with Crippen LogP contribution in [0.25, 0.3) is 28.2 Å². The Hall–Kier alpha value is -4.34. The molecule has 2 heterocycles. The lowest BCUT2D eigenvalue weighted by Gasteiger charge is -2.12. The van der Waals surface area contributed by atoms with Gasteiger partial charge in [-0.1, -0.05) is 18.2 Å². The summed E-state index contributed by atoms with van der Waals surface area (Å²) in [6, 6.07) is 13.5. The number of anilines is 2. The number of nitrogens with one attached hydrogen (secondary N) is 1. The van der Waals surface area contributed by atoms with E-state index in [0.29, 0.717) is 16.9 Å². The molecule has 4 rings (SSSR count). The van der Waals surface area contributed by atoms with E-state index in [1.165, 1.54) is 30.8 Å². The van der Waals surface area contributed by atoms with Gasteiger partial charge in [0.2, 0.25) is 5.91 Å². The van der Waals surface area contributed by atoms with Gasteiger partial charge in [0.15, 0.2) is 17.4 Å². The maximum atomic E-state index is 14.2. The van der Waals surface area contributed by atoms with Gasteiger partial charge in [0.05, 0.1) is 12.7 Å². The second-order valence-electron chi connectivity index (χ2n) is 6.63. The number of rotatable bonds is 5. The third kappa shape index (κ3) is 3.90. The van der Waals surface area contributed by atoms with Crippen molar-refractivity contribution in [1.82, 2.24) is 25.2 Å². The van der Waals surface area contributed by atoms with Gasteiger partial charge in [0.25, 0.3) is 0 Å². The van der Waals surface area contributed by atoms with Crippen LogP contribution in [-0.2, 0) is 4.79 Å². The second-order valence-corrected chi connectivity index (χ2v) is 6.63. The third-order valence-electron chi connectivity index (χ3n) is 4.52. The van der Waals surface area contributed by atoms with Crippen LogP contribution in [0.1, 0.15) is 6.92 Å². The molecule has 10 heteroatoms. The molecule has 0 spiro atoms. The van der Waals surface area contributed by atoms with Gasteiger partial charge >= 0.3 is 0 Å². The molecule has 0 atom stereocenters. The molecule has 2 aromatic heterocycles. The first-order valence-corrected chi connectivity index (χ1v) is 9.23. The number of aromatic nitrogens is 5. The number of hydrogen-bond donors (Lipinski definition) is 2. The molecule has 0 fully saturated rings. The molecule has 4 aromatic rings. The van der Waals surface area contributed by atoms with Crippen molar-refractivity contribution in [2.75, 3.05) is 18.2 Å². The highest BCUT2D eigenvalue weighted by Gasteiger charge is 2.20. The van der Waals surface area contributed by atoms with Gasteiger partial charge in [-0.15, -0.1) is 5.10 Å². The van der Waals surface area contributed by atoms with E-state index in [1.54, 1.807) is 24.4 Å². The lowest BCUT2D eigenvalue weighted by molar-refractivity contribution is -0.114. The number of methoxy groups -OCH3 is 1. The summed E-state index contributed by atoms with van der Waals surface area (Å²) >= 11 is 0. The number of benzene rings is 2. The maximum Gasteiger partial charge on any atom is 0.221 e. The Bertz CT molecular complexity index is 1270. The minimum absolute atomic E-state index is 0.00161. The summed E-state index contributed by atoms with van der Waals surface area (Å²) in [5, 5.41) is 14.5. The number of pyridine rings is 1. The molecule has 0 saturated heterocycles. The molecule has 0 radical (unpaired) electrons. The molecule has 31 heavy (non-hydrogen) atoms. The Morgan fingerprint density at radius 2 is 1.97 bits per heavy atom. The number of para-hydroxylation sites is 1. The highest BCUT2D eigenvalue weighted by atomic mass is 19.1. The zero-order valence-electron chi connectivity index (χ0n) is 16.7. The van der Waals surface area contributed by atoms with Crippen molar-refractivity contribution in [3.63, 3.8) is 0 Å². The van der Waals surface area contributed by atoms with Crippen LogP contribution in [0.15, 0.2) is 54.7 Å². The summed E-state index contributed by atoms with van der Waals surface area (Å²) in [5.41, 5.74) is 9.09. The van der Waals surface area contributed by atoms with Crippen LogP contribution in [0.2, 0.25) is 0 Å². The van der Waals surface area contributed by atoms with Crippen LogP contribution in [-0.4, -0.2) is 38.2 Å². The fourth-order valence-electron chi connectivity index (χ4n) is 3.18. The van der Waals surface area contributed by atoms with Crippen LogP contribution in [0, 0.1) is 5.82 Å². The first kappa shape index (κ1) is 20.0. The molecule has 0 aliphatic carbocycles. The molecular formula is C21H18FN7O2. The van der Waals surface area contributed by atoms with Gasteiger partial charge < -0.3 is 15.8 Å². The minimum atomic E-state index is -0.545. The number of ether oxygens (including phenoxy) is 1. The standard InChI is InChI=1S/C21H18FN7O2/c1-12(30)25-15-6-3-5-13(9-15)14-10-16(20(23)24-11-14)21-26-27-28-29(21)18-8-4-7-17(22)19(18)31-2/h3-11H,1-2H3,(H2,23,24)(H,25,30). The van der Waals surface area contributed by atoms with Gasteiger partial charge in [-0.25, -0.2) is 9.37 Å². The monoisotopic (exact) mass is 419 g/mol. The van der Waals surface area contributed by atoms with Crippen LogP contribution in [0.4, 0.5) is 15.9 Å². The van der Waals surface area contributed by atoms with E-state index < -0.39 is 5.82 Å². The number of nitrogens with two attached hydrogens (primary N) is 1. The van der Waals surface area contributed by atoms with E-state index in [9.17, 15) is 9.18 Å². The molecule has 9 nitrogen and oxygen atoms in total. The number of halogens is 1. The molecule has 2 aromatic carbocycles. The fraction of sp³-hybridized carbons (Fsp3) is 0.0952. The van der Waals surface area contributed by atoms with Gasteiger partial charge in [-0.2, -0.15) is 4.68 Å². The Kier molecular flexibility index (Phi) is 5.27. The van der Waals surface area contributed by atoms with Crippen molar-refractivity contribution in [3.05, 3.63) is 60.5 Å². The molecule has 0 aliphatic rings. The van der Waals surface area contributed by atoms with E-state index in [0.717, 1.165) is 11.1 Å². The molecule has 0 aliphatic heterocycles. The molecule has 0 bridgehead atoms. The largest absolute Gasteiger partial charge is 0.492 e. The van der Waals surface area contributed by atoms with Crippen molar-refractivity contribution >= 4 is 17.4 Å².